The first-order valence-corrected chi connectivity index (χ1v) is 19.9. The Balaban J connectivity index is 1.23. The topological polar surface area (TPSA) is 3.24 Å². The van der Waals surface area contributed by atoms with Gasteiger partial charge in [-0.1, -0.05) is 177 Å². The number of para-hydroxylation sites is 1. The van der Waals surface area contributed by atoms with Crippen LogP contribution in [0.15, 0.2) is 164 Å². The SMILES string of the molecule is CC1(C)c2ccccc2-c2ccc(N(c3ccc(-c4cc5c(cc4-c4ccccc4)C(C)(C)C(C)(C)C5(C)C)cc3)c3ccccc3-c3ccccc3)cc21. The van der Waals surface area contributed by atoms with Gasteiger partial charge in [0.1, 0.15) is 0 Å². The summed E-state index contributed by atoms with van der Waals surface area (Å²) in [5, 5.41) is 0. The van der Waals surface area contributed by atoms with Gasteiger partial charge in [-0.25, -0.2) is 0 Å². The smallest absolute Gasteiger partial charge is 0.0540 e. The number of anilines is 3. The van der Waals surface area contributed by atoms with E-state index in [1.54, 1.807) is 0 Å². The lowest BCUT2D eigenvalue weighted by Gasteiger charge is -2.44. The number of hydrogen-bond donors (Lipinski definition) is 0. The number of nitrogens with zero attached hydrogens (tertiary/aromatic N) is 1. The van der Waals surface area contributed by atoms with E-state index >= 15 is 0 Å². The average Bonchev–Trinajstić information content (AvgIpc) is 3.49. The zero-order valence-electron chi connectivity index (χ0n) is 33.5. The van der Waals surface area contributed by atoms with Gasteiger partial charge in [0, 0.05) is 22.4 Å². The average molecular weight is 714 g/mol. The summed E-state index contributed by atoms with van der Waals surface area (Å²) in [6.07, 6.45) is 0. The fraction of sp³-hybridized carbons (Fsp3) is 0.222. The largest absolute Gasteiger partial charge is 0.310 e. The van der Waals surface area contributed by atoms with Crippen molar-refractivity contribution < 1.29 is 0 Å². The lowest BCUT2D eigenvalue weighted by Crippen LogP contribution is -2.42. The first-order chi connectivity index (χ1) is 26.3. The van der Waals surface area contributed by atoms with Crippen molar-refractivity contribution in [1.82, 2.24) is 0 Å². The monoisotopic (exact) mass is 713 g/mol. The fourth-order valence-electron chi connectivity index (χ4n) is 9.76. The molecule has 0 fully saturated rings. The van der Waals surface area contributed by atoms with Crippen LogP contribution in [0.3, 0.4) is 0 Å². The van der Waals surface area contributed by atoms with E-state index in [1.165, 1.54) is 66.8 Å². The maximum absolute atomic E-state index is 2.52. The zero-order chi connectivity index (χ0) is 38.3. The van der Waals surface area contributed by atoms with Gasteiger partial charge in [-0.15, -0.1) is 0 Å². The molecule has 0 saturated carbocycles. The third-order valence-electron chi connectivity index (χ3n) is 14.2. The van der Waals surface area contributed by atoms with Crippen molar-refractivity contribution in [3.63, 3.8) is 0 Å². The first kappa shape index (κ1) is 35.1. The highest BCUT2D eigenvalue weighted by Crippen LogP contribution is 2.63. The maximum Gasteiger partial charge on any atom is 0.0540 e. The summed E-state index contributed by atoms with van der Waals surface area (Å²) in [6.45, 7) is 19.4. The lowest BCUT2D eigenvalue weighted by molar-refractivity contribution is 0.125. The molecule has 0 spiro atoms. The first-order valence-electron chi connectivity index (χ1n) is 19.9. The molecular weight excluding hydrogens is 663 g/mol. The fourth-order valence-corrected chi connectivity index (χ4v) is 9.76. The van der Waals surface area contributed by atoms with Crippen LogP contribution in [0.4, 0.5) is 17.1 Å². The van der Waals surface area contributed by atoms with Crippen LogP contribution in [0, 0.1) is 5.41 Å². The third kappa shape index (κ3) is 5.20. The summed E-state index contributed by atoms with van der Waals surface area (Å²) in [4.78, 5) is 2.46. The van der Waals surface area contributed by atoms with E-state index < -0.39 is 0 Å². The van der Waals surface area contributed by atoms with Crippen molar-refractivity contribution >= 4 is 17.1 Å². The third-order valence-corrected chi connectivity index (χ3v) is 14.2. The number of fused-ring (bicyclic) bond motifs is 4. The Morgan fingerprint density at radius 1 is 0.327 bits per heavy atom. The summed E-state index contributed by atoms with van der Waals surface area (Å²) < 4.78 is 0. The standard InChI is InChI=1S/C54H51N/c1-51(2)46-25-17-15-24-42(46)43-32-31-40(33-47(43)51)55(50-26-18-16-23-41(50)36-19-11-9-12-20-36)39-29-27-38(28-30-39)45-35-49-48(34-44(45)37-21-13-10-14-22-37)52(3,4)54(7,8)53(49,5)6/h9-35H,1-8H3. The van der Waals surface area contributed by atoms with E-state index in [9.17, 15) is 0 Å². The Labute approximate surface area is 328 Å². The molecule has 0 N–H and O–H groups in total. The van der Waals surface area contributed by atoms with Crippen molar-refractivity contribution in [3.05, 3.63) is 186 Å². The summed E-state index contributed by atoms with van der Waals surface area (Å²) >= 11 is 0. The second-order valence-corrected chi connectivity index (χ2v) is 17.9. The molecule has 0 atom stereocenters. The highest BCUT2D eigenvalue weighted by Gasteiger charge is 2.57. The van der Waals surface area contributed by atoms with Crippen LogP contribution in [0.2, 0.25) is 0 Å². The molecule has 1 nitrogen and oxygen atoms in total. The van der Waals surface area contributed by atoms with Gasteiger partial charge in [-0.05, 0) is 120 Å². The van der Waals surface area contributed by atoms with E-state index in [1.807, 2.05) is 0 Å². The minimum absolute atomic E-state index is 0.00863. The molecule has 7 aromatic rings. The van der Waals surface area contributed by atoms with E-state index in [4.69, 9.17) is 0 Å². The number of hydrogen-bond acceptors (Lipinski definition) is 1. The summed E-state index contributed by atoms with van der Waals surface area (Å²) in [7, 11) is 0. The predicted octanol–water partition coefficient (Wildman–Crippen LogP) is 15.1. The van der Waals surface area contributed by atoms with Gasteiger partial charge < -0.3 is 4.90 Å². The molecule has 9 rings (SSSR count). The van der Waals surface area contributed by atoms with Gasteiger partial charge in [-0.2, -0.15) is 0 Å². The van der Waals surface area contributed by atoms with E-state index in [0.29, 0.717) is 0 Å². The quantitative estimate of drug-likeness (QED) is 0.166. The zero-order valence-corrected chi connectivity index (χ0v) is 33.5. The highest BCUT2D eigenvalue weighted by molar-refractivity contribution is 5.92. The van der Waals surface area contributed by atoms with E-state index in [-0.39, 0.29) is 21.7 Å². The Morgan fingerprint density at radius 3 is 1.38 bits per heavy atom. The number of rotatable bonds is 6. The molecule has 2 aliphatic rings. The van der Waals surface area contributed by atoms with Crippen LogP contribution in [0.1, 0.15) is 77.6 Å². The lowest BCUT2D eigenvalue weighted by atomic mass is 9.59. The van der Waals surface area contributed by atoms with Gasteiger partial charge >= 0.3 is 0 Å². The molecule has 7 aromatic carbocycles. The number of benzene rings is 7. The van der Waals surface area contributed by atoms with Crippen molar-refractivity contribution in [1.29, 1.82) is 0 Å². The van der Waals surface area contributed by atoms with E-state index in [0.717, 1.165) is 17.1 Å². The molecule has 272 valence electrons. The second kappa shape index (κ2) is 12.4. The van der Waals surface area contributed by atoms with Crippen LogP contribution < -0.4 is 4.90 Å². The van der Waals surface area contributed by atoms with E-state index in [2.05, 4.69) is 224 Å². The Morgan fingerprint density at radius 2 is 0.782 bits per heavy atom. The van der Waals surface area contributed by atoms with Crippen LogP contribution in [0.25, 0.3) is 44.5 Å². The van der Waals surface area contributed by atoms with Crippen molar-refractivity contribution in [2.45, 2.75) is 71.6 Å². The second-order valence-electron chi connectivity index (χ2n) is 17.9. The molecule has 0 heterocycles. The van der Waals surface area contributed by atoms with Crippen molar-refractivity contribution in [3.8, 4) is 44.5 Å². The van der Waals surface area contributed by atoms with Crippen molar-refractivity contribution in [2.75, 3.05) is 4.90 Å². The molecule has 0 aliphatic heterocycles. The Bertz CT molecular complexity index is 2570. The van der Waals surface area contributed by atoms with Crippen molar-refractivity contribution in [2.24, 2.45) is 5.41 Å². The molecule has 0 unspecified atom stereocenters. The van der Waals surface area contributed by atoms with Gasteiger partial charge in [0.2, 0.25) is 0 Å². The molecule has 0 saturated heterocycles. The van der Waals surface area contributed by atoms with Gasteiger partial charge in [0.25, 0.3) is 0 Å². The Hall–Kier alpha value is -5.66. The van der Waals surface area contributed by atoms with Crippen LogP contribution in [-0.2, 0) is 16.2 Å². The minimum Gasteiger partial charge on any atom is -0.310 e. The molecule has 1 heteroatoms. The Kier molecular flexibility index (Phi) is 7.93. The van der Waals surface area contributed by atoms with Gasteiger partial charge in [0.15, 0.2) is 0 Å². The highest BCUT2D eigenvalue weighted by atomic mass is 15.1. The van der Waals surface area contributed by atoms with Crippen LogP contribution >= 0.6 is 0 Å². The molecule has 0 aromatic heterocycles. The minimum atomic E-state index is -0.102. The van der Waals surface area contributed by atoms with Gasteiger partial charge in [0.05, 0.1) is 5.69 Å². The van der Waals surface area contributed by atoms with Gasteiger partial charge in [-0.3, -0.25) is 0 Å². The normalized spacial score (nSPS) is 16.6. The van der Waals surface area contributed by atoms with Crippen LogP contribution in [-0.4, -0.2) is 0 Å². The molecule has 2 aliphatic carbocycles. The summed E-state index contributed by atoms with van der Waals surface area (Å²) in [5.41, 5.74) is 19.3. The summed E-state index contributed by atoms with van der Waals surface area (Å²) in [5.74, 6) is 0. The molecule has 55 heavy (non-hydrogen) atoms. The molecule has 0 bridgehead atoms. The maximum atomic E-state index is 2.52. The molecular formula is C54H51N. The predicted molar refractivity (Wildman–Crippen MR) is 235 cm³/mol. The molecule has 0 radical (unpaired) electrons. The summed E-state index contributed by atoms with van der Waals surface area (Å²) in [6, 6.07) is 60.9. The molecule has 0 amide bonds. The van der Waals surface area contributed by atoms with Crippen LogP contribution in [0.5, 0.6) is 0 Å².